The lowest BCUT2D eigenvalue weighted by molar-refractivity contribution is -0.132. The van der Waals surface area contributed by atoms with Crippen LogP contribution < -0.4 is 0 Å². The average Bonchev–Trinajstić information content (AvgIpc) is 2.29. The number of hydrogen-bond donors (Lipinski definition) is 0. The van der Waals surface area contributed by atoms with Gasteiger partial charge in [0.1, 0.15) is 6.61 Å². The van der Waals surface area contributed by atoms with Crippen LogP contribution >= 0.6 is 11.6 Å². The van der Waals surface area contributed by atoms with Gasteiger partial charge in [-0.15, -0.1) is 11.6 Å². The van der Waals surface area contributed by atoms with Crippen molar-refractivity contribution in [2.24, 2.45) is 0 Å². The molecule has 0 aromatic heterocycles. The van der Waals surface area contributed by atoms with E-state index in [1.807, 2.05) is 6.92 Å². The number of halogens is 3. The first kappa shape index (κ1) is 16.6. The standard InChI is InChI=1S/C11H20ClF2NO2/c1-2-3-6-15(7-5-12)11(16)4-8-17-9-10(13)14/h10H,2-9H2,1H3. The van der Waals surface area contributed by atoms with Crippen LogP contribution in [0.25, 0.3) is 0 Å². The van der Waals surface area contributed by atoms with Gasteiger partial charge in [0.05, 0.1) is 13.0 Å². The molecule has 0 aliphatic heterocycles. The summed E-state index contributed by atoms with van der Waals surface area (Å²) in [7, 11) is 0. The number of carbonyl (C=O) groups excluding carboxylic acids is 1. The lowest BCUT2D eigenvalue weighted by atomic mass is 10.3. The van der Waals surface area contributed by atoms with Crippen molar-refractivity contribution in [3.05, 3.63) is 0 Å². The third-order valence-corrected chi connectivity index (χ3v) is 2.36. The molecular formula is C11H20ClF2NO2. The largest absolute Gasteiger partial charge is 0.375 e. The third-order valence-electron chi connectivity index (χ3n) is 2.19. The van der Waals surface area contributed by atoms with Gasteiger partial charge < -0.3 is 9.64 Å². The van der Waals surface area contributed by atoms with Crippen LogP contribution in [0.15, 0.2) is 0 Å². The average molecular weight is 272 g/mol. The Balaban J connectivity index is 3.80. The number of carbonyl (C=O) groups is 1. The molecule has 0 fully saturated rings. The van der Waals surface area contributed by atoms with Crippen LogP contribution in [0.4, 0.5) is 8.78 Å². The van der Waals surface area contributed by atoms with E-state index in [4.69, 9.17) is 11.6 Å². The lowest BCUT2D eigenvalue weighted by Crippen LogP contribution is -2.34. The maximum Gasteiger partial charge on any atom is 0.261 e. The summed E-state index contributed by atoms with van der Waals surface area (Å²) in [5.74, 6) is 0.293. The minimum atomic E-state index is -2.48. The number of nitrogens with zero attached hydrogens (tertiary/aromatic N) is 1. The molecule has 0 spiro atoms. The van der Waals surface area contributed by atoms with Gasteiger partial charge in [-0.3, -0.25) is 4.79 Å². The first-order chi connectivity index (χ1) is 8.11. The second kappa shape index (κ2) is 10.7. The molecular weight excluding hydrogens is 252 g/mol. The minimum absolute atomic E-state index is 0.0358. The Labute approximate surface area is 106 Å². The minimum Gasteiger partial charge on any atom is -0.375 e. The number of unbranched alkanes of at least 4 members (excludes halogenated alkanes) is 1. The van der Waals surface area contributed by atoms with E-state index in [2.05, 4.69) is 4.74 Å². The van der Waals surface area contributed by atoms with Crippen molar-refractivity contribution in [1.82, 2.24) is 4.90 Å². The Morgan fingerprint density at radius 3 is 2.65 bits per heavy atom. The Morgan fingerprint density at radius 2 is 2.12 bits per heavy atom. The normalized spacial score (nSPS) is 10.9. The monoisotopic (exact) mass is 271 g/mol. The summed E-state index contributed by atoms with van der Waals surface area (Å²) in [4.78, 5) is 13.3. The van der Waals surface area contributed by atoms with Crippen LogP contribution in [0.1, 0.15) is 26.2 Å². The second-order valence-corrected chi connectivity index (χ2v) is 4.02. The molecule has 0 saturated heterocycles. The summed E-state index contributed by atoms with van der Waals surface area (Å²) in [6.45, 7) is 2.62. The van der Waals surface area contributed by atoms with Gasteiger partial charge in [0.2, 0.25) is 5.91 Å². The van der Waals surface area contributed by atoms with Crippen LogP contribution in [0.5, 0.6) is 0 Å². The zero-order valence-electron chi connectivity index (χ0n) is 10.1. The second-order valence-electron chi connectivity index (χ2n) is 3.64. The van der Waals surface area contributed by atoms with Crippen molar-refractivity contribution in [2.45, 2.75) is 32.6 Å². The quantitative estimate of drug-likeness (QED) is 0.451. The highest BCUT2D eigenvalue weighted by atomic mass is 35.5. The summed E-state index contributed by atoms with van der Waals surface area (Å²) in [6, 6.07) is 0. The Bertz CT molecular complexity index is 206. The van der Waals surface area contributed by atoms with Gasteiger partial charge in [0.25, 0.3) is 6.43 Å². The van der Waals surface area contributed by atoms with Gasteiger partial charge in [0, 0.05) is 19.0 Å². The summed E-state index contributed by atoms with van der Waals surface area (Å²) in [5, 5.41) is 0. The predicted molar refractivity (Wildman–Crippen MR) is 63.6 cm³/mol. The molecule has 0 N–H and O–H groups in total. The molecule has 3 nitrogen and oxygen atoms in total. The Kier molecular flexibility index (Phi) is 10.5. The summed E-state index contributed by atoms with van der Waals surface area (Å²) in [5.41, 5.74) is 0. The van der Waals surface area contributed by atoms with Crippen LogP contribution in [0, 0.1) is 0 Å². The maximum atomic E-state index is 11.8. The van der Waals surface area contributed by atoms with Gasteiger partial charge >= 0.3 is 0 Å². The van der Waals surface area contributed by atoms with Crippen LogP contribution in [-0.4, -0.2) is 49.4 Å². The molecule has 6 heteroatoms. The van der Waals surface area contributed by atoms with Gasteiger partial charge in [0.15, 0.2) is 0 Å². The van der Waals surface area contributed by atoms with E-state index in [9.17, 15) is 13.6 Å². The molecule has 1 amide bonds. The summed E-state index contributed by atoms with van der Waals surface area (Å²) < 4.78 is 28.2. The van der Waals surface area contributed by atoms with E-state index in [1.165, 1.54) is 0 Å². The molecule has 102 valence electrons. The number of hydrogen-bond acceptors (Lipinski definition) is 2. The van der Waals surface area contributed by atoms with Crippen molar-refractivity contribution >= 4 is 17.5 Å². The highest BCUT2D eigenvalue weighted by Crippen LogP contribution is 2.01. The maximum absolute atomic E-state index is 11.8. The zero-order valence-corrected chi connectivity index (χ0v) is 10.9. The SMILES string of the molecule is CCCCN(CCCl)C(=O)CCOCC(F)F. The van der Waals surface area contributed by atoms with Gasteiger partial charge in [-0.2, -0.15) is 0 Å². The molecule has 0 atom stereocenters. The molecule has 0 aliphatic carbocycles. The van der Waals surface area contributed by atoms with Crippen molar-refractivity contribution in [3.63, 3.8) is 0 Å². The fraction of sp³-hybridized carbons (Fsp3) is 0.909. The summed E-state index contributed by atoms with van der Waals surface area (Å²) in [6.07, 6.45) is -0.439. The fourth-order valence-electron chi connectivity index (χ4n) is 1.30. The molecule has 0 heterocycles. The van der Waals surface area contributed by atoms with Crippen LogP contribution in [0.2, 0.25) is 0 Å². The van der Waals surface area contributed by atoms with E-state index in [1.54, 1.807) is 4.90 Å². The molecule has 0 saturated carbocycles. The van der Waals surface area contributed by atoms with E-state index in [-0.39, 0.29) is 18.9 Å². The highest BCUT2D eigenvalue weighted by molar-refractivity contribution is 6.18. The van der Waals surface area contributed by atoms with Gasteiger partial charge in [-0.25, -0.2) is 8.78 Å². The summed E-state index contributed by atoms with van der Waals surface area (Å²) >= 11 is 5.60. The molecule has 0 bridgehead atoms. The zero-order chi connectivity index (χ0) is 13.1. The highest BCUT2D eigenvalue weighted by Gasteiger charge is 2.12. The third kappa shape index (κ3) is 9.30. The number of amides is 1. The molecule has 0 aromatic rings. The predicted octanol–water partition coefficient (Wildman–Crippen LogP) is 2.53. The van der Waals surface area contributed by atoms with Crippen molar-refractivity contribution < 1.29 is 18.3 Å². The molecule has 17 heavy (non-hydrogen) atoms. The number of rotatable bonds is 10. The van der Waals surface area contributed by atoms with Crippen molar-refractivity contribution in [1.29, 1.82) is 0 Å². The molecule has 0 radical (unpaired) electrons. The number of ether oxygens (including phenoxy) is 1. The first-order valence-electron chi connectivity index (χ1n) is 5.81. The van der Waals surface area contributed by atoms with Crippen molar-refractivity contribution in [3.8, 4) is 0 Å². The van der Waals surface area contributed by atoms with E-state index >= 15 is 0 Å². The fourth-order valence-corrected chi connectivity index (χ4v) is 1.51. The van der Waals surface area contributed by atoms with E-state index in [0.29, 0.717) is 19.0 Å². The lowest BCUT2D eigenvalue weighted by Gasteiger charge is -2.21. The van der Waals surface area contributed by atoms with Crippen molar-refractivity contribution in [2.75, 3.05) is 32.2 Å². The Hall–Kier alpha value is -0.420. The molecule has 0 aromatic carbocycles. The van der Waals surface area contributed by atoms with E-state index in [0.717, 1.165) is 12.8 Å². The molecule has 0 rings (SSSR count). The Morgan fingerprint density at radius 1 is 1.41 bits per heavy atom. The number of alkyl halides is 3. The van der Waals surface area contributed by atoms with Gasteiger partial charge in [-0.1, -0.05) is 13.3 Å². The smallest absolute Gasteiger partial charge is 0.261 e. The molecule has 0 aliphatic rings. The van der Waals surface area contributed by atoms with E-state index < -0.39 is 13.0 Å². The van der Waals surface area contributed by atoms with Gasteiger partial charge in [-0.05, 0) is 6.42 Å². The topological polar surface area (TPSA) is 29.5 Å². The van der Waals surface area contributed by atoms with Crippen LogP contribution in [0.3, 0.4) is 0 Å². The first-order valence-corrected chi connectivity index (χ1v) is 6.34. The van der Waals surface area contributed by atoms with Crippen LogP contribution in [-0.2, 0) is 9.53 Å². The molecule has 0 unspecified atom stereocenters.